The molecule has 0 saturated heterocycles. The second kappa shape index (κ2) is 5.00. The van der Waals surface area contributed by atoms with Crippen LogP contribution in [0.25, 0.3) is 0 Å². The highest BCUT2D eigenvalue weighted by Crippen LogP contribution is 2.06. The fourth-order valence-electron chi connectivity index (χ4n) is 1.41. The zero-order valence-corrected chi connectivity index (χ0v) is 8.67. The van der Waals surface area contributed by atoms with Gasteiger partial charge in [0.1, 0.15) is 0 Å². The summed E-state index contributed by atoms with van der Waals surface area (Å²) in [6, 6.07) is 8.68. The minimum absolute atomic E-state index is 0.946. The van der Waals surface area contributed by atoms with Gasteiger partial charge in [0, 0.05) is 13.1 Å². The Morgan fingerprint density at radius 2 is 1.92 bits per heavy atom. The van der Waals surface area contributed by atoms with Crippen LogP contribution in [0.2, 0.25) is 0 Å². The molecule has 0 aromatic heterocycles. The van der Waals surface area contributed by atoms with E-state index in [1.165, 1.54) is 11.1 Å². The van der Waals surface area contributed by atoms with E-state index in [0.717, 1.165) is 13.1 Å². The highest BCUT2D eigenvalue weighted by Gasteiger charge is 1.96. The van der Waals surface area contributed by atoms with Gasteiger partial charge in [0.15, 0.2) is 0 Å². The highest BCUT2D eigenvalue weighted by atomic mass is 15.0. The fourth-order valence-corrected chi connectivity index (χ4v) is 1.41. The highest BCUT2D eigenvalue weighted by molar-refractivity contribution is 5.23. The first-order valence-electron chi connectivity index (χ1n) is 4.59. The number of rotatable bonds is 4. The van der Waals surface area contributed by atoms with Crippen LogP contribution in [0.5, 0.6) is 0 Å². The second-order valence-electron chi connectivity index (χ2n) is 3.59. The van der Waals surface area contributed by atoms with Crippen molar-refractivity contribution in [2.45, 2.75) is 13.1 Å². The van der Waals surface area contributed by atoms with Gasteiger partial charge in [-0.1, -0.05) is 24.3 Å². The average molecular weight is 178 g/mol. The van der Waals surface area contributed by atoms with Crippen LogP contribution >= 0.6 is 0 Å². The lowest BCUT2D eigenvalue weighted by Crippen LogP contribution is -2.11. The SMILES string of the molecule is CNCc1cccc(CN(C)C)c1. The molecule has 0 radical (unpaired) electrons. The Labute approximate surface area is 80.6 Å². The van der Waals surface area contributed by atoms with Crippen molar-refractivity contribution in [1.29, 1.82) is 0 Å². The zero-order chi connectivity index (χ0) is 9.68. The van der Waals surface area contributed by atoms with Crippen molar-refractivity contribution < 1.29 is 0 Å². The van der Waals surface area contributed by atoms with Crippen LogP contribution in [0.3, 0.4) is 0 Å². The zero-order valence-electron chi connectivity index (χ0n) is 8.67. The molecule has 72 valence electrons. The molecule has 1 aromatic rings. The van der Waals surface area contributed by atoms with Crippen LogP contribution in [0.4, 0.5) is 0 Å². The molecule has 0 aliphatic rings. The van der Waals surface area contributed by atoms with E-state index in [2.05, 4.69) is 48.6 Å². The number of hydrogen-bond acceptors (Lipinski definition) is 2. The Morgan fingerprint density at radius 3 is 2.54 bits per heavy atom. The van der Waals surface area contributed by atoms with Crippen LogP contribution in [0.15, 0.2) is 24.3 Å². The van der Waals surface area contributed by atoms with Crippen molar-refractivity contribution in [3.05, 3.63) is 35.4 Å². The van der Waals surface area contributed by atoms with Crippen LogP contribution in [0, 0.1) is 0 Å². The first-order valence-corrected chi connectivity index (χ1v) is 4.59. The molecule has 1 rings (SSSR count). The molecule has 0 spiro atoms. The van der Waals surface area contributed by atoms with Gasteiger partial charge in [-0.2, -0.15) is 0 Å². The molecule has 2 heteroatoms. The van der Waals surface area contributed by atoms with Crippen molar-refractivity contribution in [3.63, 3.8) is 0 Å². The van der Waals surface area contributed by atoms with Gasteiger partial charge >= 0.3 is 0 Å². The molecule has 0 unspecified atom stereocenters. The van der Waals surface area contributed by atoms with Gasteiger partial charge in [0.05, 0.1) is 0 Å². The van der Waals surface area contributed by atoms with Gasteiger partial charge in [-0.25, -0.2) is 0 Å². The molecular formula is C11H18N2. The minimum atomic E-state index is 0.946. The maximum atomic E-state index is 3.15. The van der Waals surface area contributed by atoms with E-state index in [1.54, 1.807) is 0 Å². The predicted octanol–water partition coefficient (Wildman–Crippen LogP) is 1.47. The normalized spacial score (nSPS) is 10.8. The molecule has 13 heavy (non-hydrogen) atoms. The van der Waals surface area contributed by atoms with Crippen LogP contribution in [0.1, 0.15) is 11.1 Å². The van der Waals surface area contributed by atoms with E-state index >= 15 is 0 Å². The van der Waals surface area contributed by atoms with E-state index < -0.39 is 0 Å². The lowest BCUT2D eigenvalue weighted by Gasteiger charge is -2.10. The van der Waals surface area contributed by atoms with Gasteiger partial charge in [-0.05, 0) is 32.3 Å². The molecule has 0 amide bonds. The molecule has 0 aliphatic carbocycles. The van der Waals surface area contributed by atoms with Gasteiger partial charge in [0.2, 0.25) is 0 Å². The second-order valence-corrected chi connectivity index (χ2v) is 3.59. The Morgan fingerprint density at radius 1 is 1.23 bits per heavy atom. The Balaban J connectivity index is 2.67. The summed E-state index contributed by atoms with van der Waals surface area (Å²) in [6.45, 7) is 1.96. The lowest BCUT2D eigenvalue weighted by molar-refractivity contribution is 0.402. The summed E-state index contributed by atoms with van der Waals surface area (Å²) in [5.74, 6) is 0. The fraction of sp³-hybridized carbons (Fsp3) is 0.455. The van der Waals surface area contributed by atoms with Crippen LogP contribution in [-0.4, -0.2) is 26.0 Å². The molecule has 0 bridgehead atoms. The smallest absolute Gasteiger partial charge is 0.0227 e. The minimum Gasteiger partial charge on any atom is -0.316 e. The van der Waals surface area contributed by atoms with E-state index in [1.807, 2.05) is 7.05 Å². The van der Waals surface area contributed by atoms with Gasteiger partial charge in [-0.3, -0.25) is 0 Å². The molecule has 0 atom stereocenters. The number of nitrogens with one attached hydrogen (secondary N) is 1. The summed E-state index contributed by atoms with van der Waals surface area (Å²) in [6.07, 6.45) is 0. The summed E-state index contributed by atoms with van der Waals surface area (Å²) >= 11 is 0. The Kier molecular flexibility index (Phi) is 3.93. The first kappa shape index (κ1) is 10.2. The summed E-state index contributed by atoms with van der Waals surface area (Å²) in [5.41, 5.74) is 2.72. The summed E-state index contributed by atoms with van der Waals surface area (Å²) < 4.78 is 0. The average Bonchev–Trinajstić information content (AvgIpc) is 2.04. The van der Waals surface area contributed by atoms with E-state index in [0.29, 0.717) is 0 Å². The largest absolute Gasteiger partial charge is 0.316 e. The third-order valence-electron chi connectivity index (χ3n) is 1.87. The molecule has 0 heterocycles. The lowest BCUT2D eigenvalue weighted by atomic mass is 10.1. The summed E-state index contributed by atoms with van der Waals surface area (Å²) in [5, 5.41) is 3.15. The number of benzene rings is 1. The molecule has 0 aliphatic heterocycles. The van der Waals surface area contributed by atoms with E-state index in [4.69, 9.17) is 0 Å². The number of nitrogens with zero attached hydrogens (tertiary/aromatic N) is 1. The third-order valence-corrected chi connectivity index (χ3v) is 1.87. The van der Waals surface area contributed by atoms with Crippen molar-refractivity contribution in [2.24, 2.45) is 0 Å². The molecule has 0 saturated carbocycles. The summed E-state index contributed by atoms with van der Waals surface area (Å²) in [7, 11) is 6.15. The van der Waals surface area contributed by atoms with Gasteiger partial charge < -0.3 is 10.2 Å². The van der Waals surface area contributed by atoms with Crippen LogP contribution < -0.4 is 5.32 Å². The molecule has 2 nitrogen and oxygen atoms in total. The maximum Gasteiger partial charge on any atom is 0.0227 e. The van der Waals surface area contributed by atoms with Gasteiger partial charge in [-0.15, -0.1) is 0 Å². The molecule has 1 N–H and O–H groups in total. The van der Waals surface area contributed by atoms with E-state index in [9.17, 15) is 0 Å². The monoisotopic (exact) mass is 178 g/mol. The topological polar surface area (TPSA) is 15.3 Å². The van der Waals surface area contributed by atoms with E-state index in [-0.39, 0.29) is 0 Å². The van der Waals surface area contributed by atoms with Crippen LogP contribution in [-0.2, 0) is 13.1 Å². The molecular weight excluding hydrogens is 160 g/mol. The van der Waals surface area contributed by atoms with Crippen molar-refractivity contribution in [1.82, 2.24) is 10.2 Å². The Hall–Kier alpha value is -0.860. The van der Waals surface area contributed by atoms with Crippen molar-refractivity contribution in [2.75, 3.05) is 21.1 Å². The maximum absolute atomic E-state index is 3.15. The quantitative estimate of drug-likeness (QED) is 0.751. The Bertz CT molecular complexity index is 256. The predicted molar refractivity (Wildman–Crippen MR) is 56.6 cm³/mol. The standard InChI is InChI=1S/C11H18N2/c1-12-8-10-5-4-6-11(7-10)9-13(2)3/h4-7,12H,8-9H2,1-3H3. The van der Waals surface area contributed by atoms with Gasteiger partial charge in [0.25, 0.3) is 0 Å². The number of hydrogen-bond donors (Lipinski definition) is 1. The van der Waals surface area contributed by atoms with Crippen molar-refractivity contribution in [3.8, 4) is 0 Å². The first-order chi connectivity index (χ1) is 6.22. The van der Waals surface area contributed by atoms with Crippen molar-refractivity contribution >= 4 is 0 Å². The summed E-state index contributed by atoms with van der Waals surface area (Å²) in [4.78, 5) is 2.18. The molecule has 1 aromatic carbocycles. The third kappa shape index (κ3) is 3.57. The molecule has 0 fully saturated rings.